The highest BCUT2D eigenvalue weighted by Gasteiger charge is 2.23. The van der Waals surface area contributed by atoms with Crippen molar-refractivity contribution < 1.29 is 24.6 Å². The van der Waals surface area contributed by atoms with E-state index in [1.54, 1.807) is 0 Å². The molecule has 1 aromatic rings. The van der Waals surface area contributed by atoms with Crippen LogP contribution in [0.5, 0.6) is 0 Å². The summed E-state index contributed by atoms with van der Waals surface area (Å²) in [6, 6.07) is 8.06. The number of aliphatic carboxylic acids is 2. The first-order valence-electron chi connectivity index (χ1n) is 5.12. The fourth-order valence-electron chi connectivity index (χ4n) is 1.04. The summed E-state index contributed by atoms with van der Waals surface area (Å²) in [4.78, 5) is 33.1. The quantitative estimate of drug-likeness (QED) is 0.533. The van der Waals surface area contributed by atoms with Gasteiger partial charge in [0.25, 0.3) is 0 Å². The first kappa shape index (κ1) is 15.4. The van der Waals surface area contributed by atoms with Gasteiger partial charge in [0, 0.05) is 10.6 Å². The maximum atomic E-state index is 10.9. The van der Waals surface area contributed by atoms with Crippen LogP contribution in [0, 0.1) is 0 Å². The molecule has 1 atom stereocenters. The Morgan fingerprint density at radius 3 is 2.32 bits per heavy atom. The molecule has 0 saturated heterocycles. The van der Waals surface area contributed by atoms with Gasteiger partial charge in [-0.25, -0.2) is 9.59 Å². The summed E-state index contributed by atoms with van der Waals surface area (Å²) in [5.41, 5.74) is 0. The zero-order valence-electron chi connectivity index (χ0n) is 9.61. The minimum Gasteiger partial charge on any atom is -0.480 e. The van der Waals surface area contributed by atoms with E-state index >= 15 is 0 Å². The van der Waals surface area contributed by atoms with E-state index in [1.165, 1.54) is 21.6 Å². The fourth-order valence-corrected chi connectivity index (χ4v) is 3.23. The third-order valence-corrected chi connectivity index (χ3v) is 4.32. The van der Waals surface area contributed by atoms with Crippen molar-refractivity contribution >= 4 is 39.4 Å². The van der Waals surface area contributed by atoms with Gasteiger partial charge in [-0.15, -0.1) is 0 Å². The van der Waals surface area contributed by atoms with Crippen LogP contribution >= 0.6 is 21.6 Å². The van der Waals surface area contributed by atoms with E-state index in [0.717, 1.165) is 4.90 Å². The molecule has 0 saturated carbocycles. The van der Waals surface area contributed by atoms with Crippen molar-refractivity contribution in [1.29, 1.82) is 0 Å². The Hall–Kier alpha value is -1.67. The topological polar surface area (TPSA) is 104 Å². The number of nitrogens with one attached hydrogen (secondary N) is 1. The van der Waals surface area contributed by atoms with Gasteiger partial charge in [-0.3, -0.25) is 4.79 Å². The Bertz CT molecular complexity index is 465. The van der Waals surface area contributed by atoms with Gasteiger partial charge in [-0.2, -0.15) is 0 Å². The van der Waals surface area contributed by atoms with E-state index in [9.17, 15) is 14.4 Å². The number of benzene rings is 1. The van der Waals surface area contributed by atoms with Crippen LogP contribution in [-0.2, 0) is 14.4 Å². The maximum absolute atomic E-state index is 10.9. The zero-order valence-corrected chi connectivity index (χ0v) is 11.2. The molecule has 0 aliphatic carbocycles. The second-order valence-corrected chi connectivity index (χ2v) is 5.76. The van der Waals surface area contributed by atoms with Crippen molar-refractivity contribution in [2.45, 2.75) is 10.9 Å². The summed E-state index contributed by atoms with van der Waals surface area (Å²) in [5, 5.41) is 19.2. The van der Waals surface area contributed by atoms with Crippen molar-refractivity contribution in [2.24, 2.45) is 0 Å². The molecule has 102 valence electrons. The average molecular weight is 301 g/mol. The fraction of sp³-hybridized carbons (Fsp3) is 0.182. The maximum Gasteiger partial charge on any atom is 0.394 e. The van der Waals surface area contributed by atoms with Crippen LogP contribution in [0.3, 0.4) is 0 Å². The van der Waals surface area contributed by atoms with Gasteiger partial charge in [-0.05, 0) is 12.1 Å². The van der Waals surface area contributed by atoms with Gasteiger partial charge in [0.1, 0.15) is 6.04 Å². The zero-order chi connectivity index (χ0) is 14.3. The molecule has 0 spiro atoms. The summed E-state index contributed by atoms with van der Waals surface area (Å²) in [7, 11) is 2.58. The van der Waals surface area contributed by atoms with Crippen LogP contribution < -0.4 is 5.32 Å². The van der Waals surface area contributed by atoms with Gasteiger partial charge in [0.15, 0.2) is 0 Å². The molecule has 0 unspecified atom stereocenters. The smallest absolute Gasteiger partial charge is 0.394 e. The summed E-state index contributed by atoms with van der Waals surface area (Å²) >= 11 is 0. The van der Waals surface area contributed by atoms with E-state index in [-0.39, 0.29) is 5.75 Å². The van der Waals surface area contributed by atoms with Gasteiger partial charge in [0.05, 0.1) is 0 Å². The molecular formula is C11H11NO5S2. The number of carbonyl (C=O) groups excluding carboxylic acids is 1. The number of hydrogen-bond donors (Lipinski definition) is 3. The molecule has 8 heteroatoms. The van der Waals surface area contributed by atoms with Crippen molar-refractivity contribution in [3.63, 3.8) is 0 Å². The van der Waals surface area contributed by atoms with Crippen LogP contribution in [0.4, 0.5) is 0 Å². The average Bonchev–Trinajstić information content (AvgIpc) is 2.38. The van der Waals surface area contributed by atoms with Gasteiger partial charge >= 0.3 is 17.8 Å². The number of carbonyl (C=O) groups is 3. The molecule has 1 amide bonds. The van der Waals surface area contributed by atoms with Gasteiger partial charge in [-0.1, -0.05) is 39.8 Å². The van der Waals surface area contributed by atoms with E-state index in [1.807, 2.05) is 35.6 Å². The minimum absolute atomic E-state index is 0.0634. The van der Waals surface area contributed by atoms with Crippen LogP contribution in [0.1, 0.15) is 0 Å². The lowest BCUT2D eigenvalue weighted by Gasteiger charge is -2.11. The van der Waals surface area contributed by atoms with Crippen molar-refractivity contribution in [3.05, 3.63) is 30.3 Å². The molecule has 6 nitrogen and oxygen atoms in total. The van der Waals surface area contributed by atoms with Crippen molar-refractivity contribution in [1.82, 2.24) is 5.32 Å². The SMILES string of the molecule is O=C(O)C(=O)N[C@H](CSSc1ccccc1)C(=O)O. The summed E-state index contributed by atoms with van der Waals surface area (Å²) < 4.78 is 0. The van der Waals surface area contributed by atoms with E-state index in [2.05, 4.69) is 0 Å². The number of amides is 1. The standard InChI is InChI=1S/C11H11NO5S2/c13-9(11(16)17)12-8(10(14)15)6-18-19-7-4-2-1-3-5-7/h1-5,8H,6H2,(H,12,13)(H,14,15)(H,16,17)/t8-/m1/s1. The lowest BCUT2D eigenvalue weighted by atomic mass is 10.3. The normalized spacial score (nSPS) is 11.6. The molecule has 0 aliphatic rings. The number of hydrogen-bond acceptors (Lipinski definition) is 5. The second-order valence-electron chi connectivity index (χ2n) is 3.35. The van der Waals surface area contributed by atoms with E-state index in [0.29, 0.717) is 0 Å². The molecule has 0 heterocycles. The Labute approximate surface area is 117 Å². The molecule has 1 aromatic carbocycles. The lowest BCUT2D eigenvalue weighted by molar-refractivity contribution is -0.151. The van der Waals surface area contributed by atoms with Crippen LogP contribution in [0.2, 0.25) is 0 Å². The Morgan fingerprint density at radius 1 is 1.16 bits per heavy atom. The number of rotatable bonds is 6. The second kappa shape index (κ2) is 7.70. The van der Waals surface area contributed by atoms with Crippen LogP contribution in [0.15, 0.2) is 35.2 Å². The molecule has 3 N–H and O–H groups in total. The predicted molar refractivity (Wildman–Crippen MR) is 72.0 cm³/mol. The molecule has 0 aliphatic heterocycles. The third kappa shape index (κ3) is 5.66. The minimum atomic E-state index is -1.70. The highest BCUT2D eigenvalue weighted by molar-refractivity contribution is 8.76. The largest absolute Gasteiger partial charge is 0.480 e. The number of carboxylic acids is 2. The Kier molecular flexibility index (Phi) is 6.23. The molecule has 0 bridgehead atoms. The van der Waals surface area contributed by atoms with Gasteiger partial charge in [0.2, 0.25) is 0 Å². The van der Waals surface area contributed by atoms with Crippen molar-refractivity contribution in [3.8, 4) is 0 Å². The van der Waals surface area contributed by atoms with Gasteiger partial charge < -0.3 is 15.5 Å². The first-order valence-corrected chi connectivity index (χ1v) is 7.43. The summed E-state index contributed by atoms with van der Waals surface area (Å²) in [6.07, 6.45) is 0. The molecule has 0 radical (unpaired) electrons. The predicted octanol–water partition coefficient (Wildman–Crippen LogP) is 1.08. The summed E-state index contributed by atoms with van der Waals surface area (Å²) in [6.45, 7) is 0. The lowest BCUT2D eigenvalue weighted by Crippen LogP contribution is -2.45. The van der Waals surface area contributed by atoms with Crippen LogP contribution in [-0.4, -0.2) is 39.9 Å². The molecular weight excluding hydrogens is 290 g/mol. The van der Waals surface area contributed by atoms with E-state index in [4.69, 9.17) is 10.2 Å². The number of carboxylic acid groups (broad SMARTS) is 2. The van der Waals surface area contributed by atoms with Crippen molar-refractivity contribution in [2.75, 3.05) is 5.75 Å². The molecule has 0 fully saturated rings. The summed E-state index contributed by atoms with van der Waals surface area (Å²) in [5.74, 6) is -4.23. The monoisotopic (exact) mass is 301 g/mol. The van der Waals surface area contributed by atoms with Crippen LogP contribution in [0.25, 0.3) is 0 Å². The highest BCUT2D eigenvalue weighted by atomic mass is 33.1. The first-order chi connectivity index (χ1) is 9.00. The Balaban J connectivity index is 2.44. The molecule has 19 heavy (non-hydrogen) atoms. The van der Waals surface area contributed by atoms with E-state index < -0.39 is 23.9 Å². The third-order valence-electron chi connectivity index (χ3n) is 1.93. The Morgan fingerprint density at radius 2 is 1.79 bits per heavy atom. The molecule has 0 aromatic heterocycles. The molecule has 1 rings (SSSR count). The highest BCUT2D eigenvalue weighted by Crippen LogP contribution is 2.30.